The second-order valence-electron chi connectivity index (χ2n) is 4.46. The van der Waals surface area contributed by atoms with Crippen molar-refractivity contribution in [3.63, 3.8) is 0 Å². The van der Waals surface area contributed by atoms with Crippen LogP contribution in [-0.4, -0.2) is 30.5 Å². The largest absolute Gasteiger partial charge is 0.508 e. The van der Waals surface area contributed by atoms with E-state index in [2.05, 4.69) is 4.98 Å². The maximum atomic E-state index is 12.2. The summed E-state index contributed by atoms with van der Waals surface area (Å²) >= 11 is 0. The minimum Gasteiger partial charge on any atom is -0.508 e. The lowest BCUT2D eigenvalue weighted by Gasteiger charge is -2.06. The van der Waals surface area contributed by atoms with Gasteiger partial charge in [-0.05, 0) is 30.3 Å². The smallest absolute Gasteiger partial charge is 0.211 e. The predicted octanol–water partition coefficient (Wildman–Crippen LogP) is 2.14. The molecule has 0 unspecified atom stereocenters. The van der Waals surface area contributed by atoms with Gasteiger partial charge in [-0.3, -0.25) is 9.78 Å². The minimum atomic E-state index is -3.29. The Morgan fingerprint density at radius 3 is 2.52 bits per heavy atom. The van der Waals surface area contributed by atoms with E-state index in [0.29, 0.717) is 5.56 Å². The number of hydrogen-bond acceptors (Lipinski definition) is 5. The van der Waals surface area contributed by atoms with Crippen molar-refractivity contribution >= 4 is 32.6 Å². The van der Waals surface area contributed by atoms with Gasteiger partial charge in [0.25, 0.3) is 0 Å². The summed E-state index contributed by atoms with van der Waals surface area (Å²) in [7, 11) is -3.29. The number of aromatic hydroxyl groups is 1. The van der Waals surface area contributed by atoms with Gasteiger partial charge in [0.05, 0.1) is 5.75 Å². The molecule has 1 N–H and O–H groups in total. The first-order valence-electron chi connectivity index (χ1n) is 5.82. The van der Waals surface area contributed by atoms with Crippen molar-refractivity contribution in [2.24, 2.45) is 0 Å². The highest BCUT2D eigenvalue weighted by atomic mass is 79.9. The predicted molar refractivity (Wildman–Crippen MR) is 84.6 cm³/mol. The van der Waals surface area contributed by atoms with Crippen molar-refractivity contribution < 1.29 is 18.3 Å². The number of pyridine rings is 1. The highest BCUT2D eigenvalue weighted by Gasteiger charge is 2.15. The Labute approximate surface area is 133 Å². The van der Waals surface area contributed by atoms with Crippen LogP contribution in [0.3, 0.4) is 0 Å². The van der Waals surface area contributed by atoms with Crippen LogP contribution < -0.4 is 0 Å². The van der Waals surface area contributed by atoms with Crippen LogP contribution in [0.1, 0.15) is 21.6 Å². The lowest BCUT2D eigenvalue weighted by molar-refractivity contribution is 0.103. The summed E-state index contributed by atoms with van der Waals surface area (Å²) in [6, 6.07) is 9.11. The van der Waals surface area contributed by atoms with E-state index in [4.69, 9.17) is 0 Å². The average molecular weight is 372 g/mol. The summed E-state index contributed by atoms with van der Waals surface area (Å²) in [5.41, 5.74) is 0.762. The molecule has 0 spiro atoms. The summed E-state index contributed by atoms with van der Waals surface area (Å²) < 4.78 is 22.6. The number of aromatic nitrogens is 1. The summed E-state index contributed by atoms with van der Waals surface area (Å²) in [6.07, 6.45) is 2.57. The molecule has 1 aromatic heterocycles. The maximum absolute atomic E-state index is 12.2. The van der Waals surface area contributed by atoms with Gasteiger partial charge in [0.15, 0.2) is 9.84 Å². The zero-order valence-corrected chi connectivity index (χ0v) is 13.7. The minimum absolute atomic E-state index is 0. The van der Waals surface area contributed by atoms with E-state index in [1.165, 1.54) is 24.4 Å². The Morgan fingerprint density at radius 1 is 1.24 bits per heavy atom. The molecule has 21 heavy (non-hydrogen) atoms. The molecule has 2 aromatic rings. The second-order valence-corrected chi connectivity index (χ2v) is 6.60. The van der Waals surface area contributed by atoms with Crippen LogP contribution in [0.4, 0.5) is 0 Å². The molecular weight excluding hydrogens is 358 g/mol. The third kappa shape index (κ3) is 4.64. The number of halogens is 1. The molecule has 0 aliphatic heterocycles. The molecule has 2 rings (SSSR count). The second kappa shape index (κ2) is 6.82. The molecule has 0 atom stereocenters. The van der Waals surface area contributed by atoms with Gasteiger partial charge in [-0.25, -0.2) is 8.42 Å². The molecule has 0 fully saturated rings. The van der Waals surface area contributed by atoms with Gasteiger partial charge >= 0.3 is 0 Å². The van der Waals surface area contributed by atoms with Gasteiger partial charge in [0.1, 0.15) is 11.4 Å². The molecule has 112 valence electrons. The van der Waals surface area contributed by atoms with Crippen molar-refractivity contribution in [2.45, 2.75) is 5.75 Å². The van der Waals surface area contributed by atoms with Gasteiger partial charge in [0.2, 0.25) is 5.78 Å². The van der Waals surface area contributed by atoms with Gasteiger partial charge in [-0.1, -0.05) is 6.07 Å². The summed E-state index contributed by atoms with van der Waals surface area (Å²) in [6.45, 7) is 0. The van der Waals surface area contributed by atoms with E-state index in [0.717, 1.165) is 6.26 Å². The quantitative estimate of drug-likeness (QED) is 0.832. The van der Waals surface area contributed by atoms with Crippen LogP contribution in [-0.2, 0) is 15.6 Å². The average Bonchev–Trinajstić information content (AvgIpc) is 2.40. The van der Waals surface area contributed by atoms with Crippen molar-refractivity contribution in [3.8, 4) is 5.75 Å². The highest BCUT2D eigenvalue weighted by Crippen LogP contribution is 2.22. The first-order chi connectivity index (χ1) is 9.37. The molecule has 5 nitrogen and oxygen atoms in total. The molecule has 0 radical (unpaired) electrons. The van der Waals surface area contributed by atoms with Gasteiger partial charge in [0, 0.05) is 23.6 Å². The number of nitrogens with zero attached hydrogens (tertiary/aromatic N) is 1. The molecule has 0 saturated carbocycles. The van der Waals surface area contributed by atoms with E-state index >= 15 is 0 Å². The normalized spacial score (nSPS) is 10.7. The SMILES string of the molecule is Br.CS(=O)(=O)Cc1cc(C(=O)c2ccccn2)ccc1O. The van der Waals surface area contributed by atoms with Gasteiger partial charge < -0.3 is 5.11 Å². The summed E-state index contributed by atoms with van der Waals surface area (Å²) in [5, 5.41) is 9.66. The number of carbonyl (C=O) groups excluding carboxylic acids is 1. The first-order valence-corrected chi connectivity index (χ1v) is 7.88. The van der Waals surface area contributed by atoms with E-state index in [1.54, 1.807) is 18.2 Å². The van der Waals surface area contributed by atoms with Crippen LogP contribution in [0.5, 0.6) is 5.75 Å². The Morgan fingerprint density at radius 2 is 1.95 bits per heavy atom. The van der Waals surface area contributed by atoms with Crippen LogP contribution in [0.2, 0.25) is 0 Å². The number of ketones is 1. The van der Waals surface area contributed by atoms with Crippen molar-refractivity contribution in [1.29, 1.82) is 0 Å². The molecule has 1 heterocycles. The third-order valence-electron chi connectivity index (χ3n) is 2.66. The number of carbonyl (C=O) groups is 1. The standard InChI is InChI=1S/C14H13NO4S.BrH/c1-20(18,19)9-11-8-10(5-6-13(11)16)14(17)12-4-2-3-7-15-12;/h2-8,16H,9H2,1H3;1H. The Balaban J connectivity index is 0.00000220. The van der Waals surface area contributed by atoms with Crippen molar-refractivity contribution in [3.05, 3.63) is 59.4 Å². The lowest BCUT2D eigenvalue weighted by atomic mass is 10.0. The fraction of sp³-hybridized carbons (Fsp3) is 0.143. The number of benzene rings is 1. The summed E-state index contributed by atoms with van der Waals surface area (Å²) in [5.74, 6) is -0.782. The molecule has 0 aliphatic carbocycles. The number of phenols is 1. The number of rotatable bonds is 4. The lowest BCUT2D eigenvalue weighted by Crippen LogP contribution is -2.06. The van der Waals surface area contributed by atoms with Crippen LogP contribution in [0.25, 0.3) is 0 Å². The van der Waals surface area contributed by atoms with Crippen molar-refractivity contribution in [1.82, 2.24) is 4.98 Å². The number of phenolic OH excluding ortho intramolecular Hbond substituents is 1. The zero-order valence-electron chi connectivity index (χ0n) is 11.2. The number of hydrogen-bond donors (Lipinski definition) is 1. The fourth-order valence-corrected chi connectivity index (χ4v) is 2.57. The van der Waals surface area contributed by atoms with E-state index in [1.807, 2.05) is 0 Å². The third-order valence-corrected chi connectivity index (χ3v) is 3.49. The van der Waals surface area contributed by atoms with Gasteiger partial charge in [-0.15, -0.1) is 17.0 Å². The zero-order chi connectivity index (χ0) is 14.8. The molecule has 0 aliphatic rings. The highest BCUT2D eigenvalue weighted by molar-refractivity contribution is 8.93. The van der Waals surface area contributed by atoms with E-state index in [-0.39, 0.29) is 45.5 Å². The monoisotopic (exact) mass is 371 g/mol. The molecule has 7 heteroatoms. The Bertz CT molecular complexity index is 745. The van der Waals surface area contributed by atoms with Crippen LogP contribution in [0.15, 0.2) is 42.6 Å². The first kappa shape index (κ1) is 17.3. The van der Waals surface area contributed by atoms with E-state index in [9.17, 15) is 18.3 Å². The van der Waals surface area contributed by atoms with E-state index < -0.39 is 9.84 Å². The van der Waals surface area contributed by atoms with Crippen molar-refractivity contribution in [2.75, 3.05) is 6.26 Å². The number of sulfone groups is 1. The van der Waals surface area contributed by atoms with Gasteiger partial charge in [-0.2, -0.15) is 0 Å². The maximum Gasteiger partial charge on any atom is 0.211 e. The van der Waals surface area contributed by atoms with Crippen LogP contribution >= 0.6 is 17.0 Å². The molecule has 0 bridgehead atoms. The van der Waals surface area contributed by atoms with Crippen LogP contribution in [0, 0.1) is 0 Å². The Hall–Kier alpha value is -1.73. The topological polar surface area (TPSA) is 84.3 Å². The molecule has 1 aromatic carbocycles. The molecule has 0 saturated heterocycles. The molecule has 0 amide bonds. The summed E-state index contributed by atoms with van der Waals surface area (Å²) in [4.78, 5) is 16.1. The fourth-order valence-electron chi connectivity index (χ4n) is 1.77. The molecular formula is C14H14BrNO4S. The Kier molecular flexibility index (Phi) is 5.62.